The van der Waals surface area contributed by atoms with Gasteiger partial charge in [0.1, 0.15) is 0 Å². The molecular formula is C9H21N3. The smallest absolute Gasteiger partial charge is 0.0711 e. The fraction of sp³-hybridized carbons (Fsp3) is 1.00. The van der Waals surface area contributed by atoms with Gasteiger partial charge in [-0.1, -0.05) is 13.8 Å². The van der Waals surface area contributed by atoms with Gasteiger partial charge in [-0.3, -0.25) is 5.32 Å². The van der Waals surface area contributed by atoms with E-state index in [1.807, 2.05) is 0 Å². The Kier molecular flexibility index (Phi) is 2.23. The molecule has 0 aromatic rings. The highest BCUT2D eigenvalue weighted by atomic mass is 15.1. The van der Waals surface area contributed by atoms with E-state index in [0.29, 0.717) is 0 Å². The molecule has 2 atom stereocenters. The summed E-state index contributed by atoms with van der Waals surface area (Å²) in [5.41, 5.74) is 12.1. The molecule has 0 aromatic heterocycles. The van der Waals surface area contributed by atoms with Crippen LogP contribution in [-0.2, 0) is 0 Å². The molecule has 5 N–H and O–H groups in total. The third kappa shape index (κ3) is 1.79. The summed E-state index contributed by atoms with van der Waals surface area (Å²) in [4.78, 5) is 0. The summed E-state index contributed by atoms with van der Waals surface area (Å²) in [6.45, 7) is 8.70. The van der Waals surface area contributed by atoms with E-state index in [-0.39, 0.29) is 23.2 Å². The molecule has 1 heterocycles. The second kappa shape index (κ2) is 2.69. The van der Waals surface area contributed by atoms with E-state index in [4.69, 9.17) is 11.5 Å². The van der Waals surface area contributed by atoms with Crippen molar-refractivity contribution in [2.24, 2.45) is 16.9 Å². The Morgan fingerprint density at radius 3 is 2.08 bits per heavy atom. The zero-order valence-electron chi connectivity index (χ0n) is 8.52. The number of nitrogens with one attached hydrogen (secondary N) is 1. The molecule has 3 nitrogen and oxygen atoms in total. The number of piperidine rings is 1. The van der Waals surface area contributed by atoms with E-state index in [1.54, 1.807) is 0 Å². The van der Waals surface area contributed by atoms with Crippen molar-refractivity contribution in [1.29, 1.82) is 0 Å². The van der Waals surface area contributed by atoms with Crippen molar-refractivity contribution in [3.8, 4) is 0 Å². The van der Waals surface area contributed by atoms with Crippen LogP contribution in [0.15, 0.2) is 0 Å². The van der Waals surface area contributed by atoms with Gasteiger partial charge in [0.2, 0.25) is 0 Å². The largest absolute Gasteiger partial charge is 0.325 e. The fourth-order valence-electron chi connectivity index (χ4n) is 2.33. The number of rotatable bonds is 0. The van der Waals surface area contributed by atoms with Gasteiger partial charge in [-0.15, -0.1) is 0 Å². The van der Waals surface area contributed by atoms with Crippen molar-refractivity contribution in [2.75, 3.05) is 0 Å². The minimum atomic E-state index is -0.0799. The summed E-state index contributed by atoms with van der Waals surface area (Å²) in [6.07, 6.45) is 0.984. The average molecular weight is 171 g/mol. The van der Waals surface area contributed by atoms with Crippen LogP contribution in [0.5, 0.6) is 0 Å². The highest BCUT2D eigenvalue weighted by Gasteiger charge is 2.42. The van der Waals surface area contributed by atoms with Gasteiger partial charge in [0.15, 0.2) is 0 Å². The zero-order valence-corrected chi connectivity index (χ0v) is 8.52. The minimum Gasteiger partial charge on any atom is -0.325 e. The molecule has 0 amide bonds. The van der Waals surface area contributed by atoms with Crippen LogP contribution in [0, 0.1) is 5.41 Å². The number of hydrogen-bond acceptors (Lipinski definition) is 3. The molecule has 3 heteroatoms. The number of hydrogen-bond donors (Lipinski definition) is 3. The lowest BCUT2D eigenvalue weighted by molar-refractivity contribution is 0.0903. The molecule has 0 aromatic carbocycles. The normalized spacial score (nSPS) is 39.5. The molecule has 0 spiro atoms. The maximum atomic E-state index is 5.99. The second-order valence-corrected chi connectivity index (χ2v) is 5.25. The van der Waals surface area contributed by atoms with Crippen LogP contribution in [0.25, 0.3) is 0 Å². The van der Waals surface area contributed by atoms with E-state index in [0.717, 1.165) is 6.42 Å². The Hall–Kier alpha value is -0.120. The first-order valence-electron chi connectivity index (χ1n) is 4.53. The summed E-state index contributed by atoms with van der Waals surface area (Å²) in [5.74, 6) is 0. The van der Waals surface area contributed by atoms with Gasteiger partial charge in [-0.2, -0.15) is 0 Å². The second-order valence-electron chi connectivity index (χ2n) is 5.25. The lowest BCUT2D eigenvalue weighted by Gasteiger charge is -2.49. The van der Waals surface area contributed by atoms with Crippen LogP contribution in [0.4, 0.5) is 0 Å². The summed E-state index contributed by atoms with van der Waals surface area (Å²) in [7, 11) is 0. The predicted octanol–water partition coefficient (Wildman–Crippen LogP) is 0.397. The Morgan fingerprint density at radius 1 is 1.17 bits per heavy atom. The lowest BCUT2D eigenvalue weighted by atomic mass is 9.70. The minimum absolute atomic E-state index is 0.0468. The van der Waals surface area contributed by atoms with E-state index < -0.39 is 0 Å². The van der Waals surface area contributed by atoms with Gasteiger partial charge in [-0.25, -0.2) is 0 Å². The summed E-state index contributed by atoms with van der Waals surface area (Å²) in [6, 6.07) is 0.0468. The fourth-order valence-corrected chi connectivity index (χ4v) is 2.33. The first-order chi connectivity index (χ1) is 5.25. The van der Waals surface area contributed by atoms with Gasteiger partial charge in [0.05, 0.1) is 6.17 Å². The highest BCUT2D eigenvalue weighted by molar-refractivity contribution is 5.01. The topological polar surface area (TPSA) is 64.1 Å². The highest BCUT2D eigenvalue weighted by Crippen LogP contribution is 2.35. The summed E-state index contributed by atoms with van der Waals surface area (Å²) in [5, 5.41) is 3.31. The van der Waals surface area contributed by atoms with Crippen LogP contribution >= 0.6 is 0 Å². The maximum absolute atomic E-state index is 5.99. The van der Waals surface area contributed by atoms with Crippen molar-refractivity contribution in [2.45, 2.75) is 51.9 Å². The first-order valence-corrected chi connectivity index (χ1v) is 4.53. The molecule has 1 fully saturated rings. The van der Waals surface area contributed by atoms with Crippen LogP contribution in [0.3, 0.4) is 0 Å². The average Bonchev–Trinajstić information content (AvgIpc) is 1.79. The van der Waals surface area contributed by atoms with E-state index in [9.17, 15) is 0 Å². The van der Waals surface area contributed by atoms with Crippen LogP contribution in [0.2, 0.25) is 0 Å². The predicted molar refractivity (Wildman–Crippen MR) is 51.6 cm³/mol. The molecule has 0 bridgehead atoms. The van der Waals surface area contributed by atoms with E-state index >= 15 is 0 Å². The van der Waals surface area contributed by atoms with Gasteiger partial charge in [0.25, 0.3) is 0 Å². The molecule has 0 aliphatic carbocycles. The molecule has 1 saturated heterocycles. The maximum Gasteiger partial charge on any atom is 0.0711 e. The molecule has 12 heavy (non-hydrogen) atoms. The Labute approximate surface area is 74.9 Å². The third-order valence-corrected chi connectivity index (χ3v) is 2.74. The van der Waals surface area contributed by atoms with Crippen LogP contribution in [-0.4, -0.2) is 17.7 Å². The van der Waals surface area contributed by atoms with E-state index in [2.05, 4.69) is 33.0 Å². The van der Waals surface area contributed by atoms with Crippen molar-refractivity contribution < 1.29 is 0 Å². The van der Waals surface area contributed by atoms with Gasteiger partial charge < -0.3 is 11.5 Å². The Bertz CT molecular complexity index is 175. The monoisotopic (exact) mass is 171 g/mol. The van der Waals surface area contributed by atoms with Crippen molar-refractivity contribution in [3.05, 3.63) is 0 Å². The lowest BCUT2D eigenvalue weighted by Crippen LogP contribution is -2.68. The van der Waals surface area contributed by atoms with Gasteiger partial charge >= 0.3 is 0 Å². The molecule has 1 unspecified atom stereocenters. The molecule has 0 radical (unpaired) electrons. The quantitative estimate of drug-likeness (QED) is 0.494. The van der Waals surface area contributed by atoms with Gasteiger partial charge in [0, 0.05) is 11.6 Å². The van der Waals surface area contributed by atoms with Crippen molar-refractivity contribution in [1.82, 2.24) is 5.32 Å². The third-order valence-electron chi connectivity index (χ3n) is 2.74. The molecule has 1 rings (SSSR count). The van der Waals surface area contributed by atoms with Gasteiger partial charge in [-0.05, 0) is 25.7 Å². The molecule has 1 aliphatic heterocycles. The summed E-state index contributed by atoms with van der Waals surface area (Å²) < 4.78 is 0. The Balaban J connectivity index is 2.80. The standard InChI is InChI=1S/C9H21N3/c1-8(2)5-9(3,4)12-7(11)6(8)10/h6-7,12H,5,10-11H2,1-4H3/t6-,7?/m0/s1. The molecule has 72 valence electrons. The van der Waals surface area contributed by atoms with Crippen molar-refractivity contribution >= 4 is 0 Å². The molecule has 1 aliphatic rings. The zero-order chi connectivity index (χ0) is 9.57. The first kappa shape index (κ1) is 9.96. The SMILES string of the molecule is CC1(C)CC(C)(C)[C@@H](N)C(N)N1. The van der Waals surface area contributed by atoms with Crippen LogP contribution in [0.1, 0.15) is 34.1 Å². The van der Waals surface area contributed by atoms with E-state index in [1.165, 1.54) is 0 Å². The summed E-state index contributed by atoms with van der Waals surface area (Å²) >= 11 is 0. The number of nitrogens with two attached hydrogens (primary N) is 2. The molecular weight excluding hydrogens is 150 g/mol. The Morgan fingerprint density at radius 2 is 1.67 bits per heavy atom. The van der Waals surface area contributed by atoms with Crippen molar-refractivity contribution in [3.63, 3.8) is 0 Å². The molecule has 0 saturated carbocycles. The van der Waals surface area contributed by atoms with Crippen LogP contribution < -0.4 is 16.8 Å².